The van der Waals surface area contributed by atoms with E-state index in [2.05, 4.69) is 14.7 Å². The molecule has 0 amide bonds. The SMILES string of the molecule is COc1ccc(CN(Cc2ccc(OC)cc2OC)c2ncc(COC(F)F)c(OC)n2)c(OC)c1. The minimum atomic E-state index is -2.92. The zero-order valence-corrected chi connectivity index (χ0v) is 20.8. The molecule has 9 nitrogen and oxygen atoms in total. The van der Waals surface area contributed by atoms with E-state index in [4.69, 9.17) is 23.7 Å². The Morgan fingerprint density at radius 1 is 0.750 bits per heavy atom. The highest BCUT2D eigenvalue weighted by molar-refractivity contribution is 5.47. The van der Waals surface area contributed by atoms with Crippen LogP contribution in [0.4, 0.5) is 14.7 Å². The number of aromatic nitrogens is 2. The predicted molar refractivity (Wildman–Crippen MR) is 128 cm³/mol. The largest absolute Gasteiger partial charge is 0.497 e. The molecule has 1 aromatic heterocycles. The van der Waals surface area contributed by atoms with Crippen molar-refractivity contribution in [3.63, 3.8) is 0 Å². The Kier molecular flexibility index (Phi) is 9.46. The molecule has 0 bridgehead atoms. The molecular weight excluding hydrogens is 476 g/mol. The first-order chi connectivity index (χ1) is 17.4. The molecule has 0 spiro atoms. The molecule has 0 aliphatic rings. The van der Waals surface area contributed by atoms with Crippen molar-refractivity contribution in [3.8, 4) is 28.9 Å². The summed E-state index contributed by atoms with van der Waals surface area (Å²) >= 11 is 0. The number of hydrogen-bond acceptors (Lipinski definition) is 9. The first kappa shape index (κ1) is 26.7. The highest BCUT2D eigenvalue weighted by Crippen LogP contribution is 2.31. The average molecular weight is 506 g/mol. The third-order valence-electron chi connectivity index (χ3n) is 5.36. The topological polar surface area (TPSA) is 84.4 Å². The molecule has 0 saturated heterocycles. The standard InChI is InChI=1S/C25H29F2N3O6/c1-31-19-8-6-16(21(10-19)33-3)13-30(14-17-7-9-20(32-2)11-22(17)34-4)25-28-12-18(15-36-24(26)27)23(29-25)35-5/h6-12,24H,13-15H2,1-5H3. The maximum Gasteiger partial charge on any atom is 0.345 e. The number of halogens is 2. The number of nitrogens with zero attached hydrogens (tertiary/aromatic N) is 3. The lowest BCUT2D eigenvalue weighted by Crippen LogP contribution is -2.25. The van der Waals surface area contributed by atoms with Gasteiger partial charge in [0.15, 0.2) is 0 Å². The van der Waals surface area contributed by atoms with Crippen LogP contribution < -0.4 is 28.6 Å². The Labute approximate surface area is 208 Å². The number of hydrogen-bond donors (Lipinski definition) is 0. The lowest BCUT2D eigenvalue weighted by molar-refractivity contribution is -0.137. The number of rotatable bonds is 13. The normalized spacial score (nSPS) is 10.8. The molecule has 194 valence electrons. The van der Waals surface area contributed by atoms with Gasteiger partial charge in [0.2, 0.25) is 11.8 Å². The van der Waals surface area contributed by atoms with Crippen molar-refractivity contribution in [1.82, 2.24) is 9.97 Å². The van der Waals surface area contributed by atoms with Crippen molar-refractivity contribution in [1.29, 1.82) is 0 Å². The average Bonchev–Trinajstić information content (AvgIpc) is 2.91. The second-order valence-electron chi connectivity index (χ2n) is 7.49. The van der Waals surface area contributed by atoms with Gasteiger partial charge >= 0.3 is 6.61 Å². The van der Waals surface area contributed by atoms with E-state index in [9.17, 15) is 8.78 Å². The quantitative estimate of drug-likeness (QED) is 0.334. The number of ether oxygens (including phenoxy) is 6. The molecule has 0 atom stereocenters. The molecule has 0 radical (unpaired) electrons. The minimum Gasteiger partial charge on any atom is -0.497 e. The highest BCUT2D eigenvalue weighted by atomic mass is 19.3. The van der Waals surface area contributed by atoms with E-state index in [1.165, 1.54) is 13.3 Å². The van der Waals surface area contributed by atoms with Gasteiger partial charge in [0.1, 0.15) is 23.0 Å². The van der Waals surface area contributed by atoms with Gasteiger partial charge in [-0.1, -0.05) is 0 Å². The molecule has 0 aliphatic heterocycles. The van der Waals surface area contributed by atoms with Gasteiger partial charge < -0.3 is 33.3 Å². The van der Waals surface area contributed by atoms with Crippen LogP contribution in [-0.2, 0) is 24.4 Å². The lowest BCUT2D eigenvalue weighted by atomic mass is 10.1. The van der Waals surface area contributed by atoms with E-state index < -0.39 is 6.61 Å². The van der Waals surface area contributed by atoms with E-state index in [0.717, 1.165) is 11.1 Å². The Morgan fingerprint density at radius 2 is 1.31 bits per heavy atom. The Bertz CT molecular complexity index is 1090. The van der Waals surface area contributed by atoms with Gasteiger partial charge in [-0.2, -0.15) is 13.8 Å². The third kappa shape index (κ3) is 6.63. The van der Waals surface area contributed by atoms with Crippen LogP contribution in [0, 0.1) is 0 Å². The Balaban J connectivity index is 2.02. The molecule has 1 heterocycles. The van der Waals surface area contributed by atoms with E-state index in [-0.39, 0.29) is 12.5 Å². The van der Waals surface area contributed by atoms with Gasteiger partial charge in [0, 0.05) is 42.5 Å². The van der Waals surface area contributed by atoms with Gasteiger partial charge in [-0.25, -0.2) is 4.98 Å². The Morgan fingerprint density at radius 3 is 1.75 bits per heavy atom. The molecule has 0 aliphatic carbocycles. The molecular formula is C25H29F2N3O6. The summed E-state index contributed by atoms with van der Waals surface area (Å²) in [6, 6.07) is 11.0. The number of anilines is 1. The lowest BCUT2D eigenvalue weighted by Gasteiger charge is -2.25. The van der Waals surface area contributed by atoms with Crippen molar-refractivity contribution in [2.24, 2.45) is 0 Å². The maximum atomic E-state index is 12.5. The van der Waals surface area contributed by atoms with Crippen LogP contribution in [0.2, 0.25) is 0 Å². The molecule has 3 rings (SSSR count). The predicted octanol–water partition coefficient (Wildman–Crippen LogP) is 4.47. The van der Waals surface area contributed by atoms with Crippen molar-refractivity contribution in [3.05, 3.63) is 59.3 Å². The van der Waals surface area contributed by atoms with Gasteiger partial charge in [0.25, 0.3) is 0 Å². The summed E-state index contributed by atoms with van der Waals surface area (Å²) in [6.07, 6.45) is 1.41. The molecule has 36 heavy (non-hydrogen) atoms. The number of methoxy groups -OCH3 is 5. The fraction of sp³-hybridized carbons (Fsp3) is 0.360. The molecule has 0 saturated carbocycles. The summed E-state index contributed by atoms with van der Waals surface area (Å²) in [7, 11) is 7.71. The second-order valence-corrected chi connectivity index (χ2v) is 7.49. The zero-order valence-electron chi connectivity index (χ0n) is 20.8. The van der Waals surface area contributed by atoms with Crippen LogP contribution in [0.15, 0.2) is 42.6 Å². The summed E-state index contributed by atoms with van der Waals surface area (Å²) in [5, 5.41) is 0. The summed E-state index contributed by atoms with van der Waals surface area (Å²) in [5.74, 6) is 2.99. The van der Waals surface area contributed by atoms with E-state index in [1.807, 2.05) is 29.2 Å². The van der Waals surface area contributed by atoms with Crippen molar-refractivity contribution < 1.29 is 37.2 Å². The molecule has 2 aromatic carbocycles. The van der Waals surface area contributed by atoms with Crippen molar-refractivity contribution >= 4 is 5.95 Å². The number of alkyl halides is 2. The van der Waals surface area contributed by atoms with Crippen LogP contribution >= 0.6 is 0 Å². The van der Waals surface area contributed by atoms with Crippen molar-refractivity contribution in [2.45, 2.75) is 26.3 Å². The first-order valence-corrected chi connectivity index (χ1v) is 10.9. The van der Waals surface area contributed by atoms with Crippen LogP contribution in [0.3, 0.4) is 0 Å². The van der Waals surface area contributed by atoms with Crippen molar-refractivity contribution in [2.75, 3.05) is 40.4 Å². The van der Waals surface area contributed by atoms with Gasteiger partial charge in [0.05, 0.1) is 47.7 Å². The van der Waals surface area contributed by atoms with Gasteiger partial charge in [-0.05, 0) is 24.3 Å². The smallest absolute Gasteiger partial charge is 0.345 e. The third-order valence-corrected chi connectivity index (χ3v) is 5.36. The fourth-order valence-corrected chi connectivity index (χ4v) is 3.54. The highest BCUT2D eigenvalue weighted by Gasteiger charge is 2.20. The second kappa shape index (κ2) is 12.7. The van der Waals surface area contributed by atoms with Gasteiger partial charge in [-0.3, -0.25) is 0 Å². The van der Waals surface area contributed by atoms with Gasteiger partial charge in [-0.15, -0.1) is 0 Å². The summed E-state index contributed by atoms with van der Waals surface area (Å²) < 4.78 is 56.6. The fourth-order valence-electron chi connectivity index (χ4n) is 3.54. The molecule has 3 aromatic rings. The Hall–Kier alpha value is -3.86. The zero-order chi connectivity index (χ0) is 26.1. The van der Waals surface area contributed by atoms with E-state index >= 15 is 0 Å². The molecule has 0 fully saturated rings. The monoisotopic (exact) mass is 505 g/mol. The maximum absolute atomic E-state index is 12.5. The van der Waals surface area contributed by atoms with Crippen LogP contribution in [0.25, 0.3) is 0 Å². The number of benzene rings is 2. The van der Waals surface area contributed by atoms with E-state index in [0.29, 0.717) is 47.6 Å². The van der Waals surface area contributed by atoms with Crippen LogP contribution in [0.1, 0.15) is 16.7 Å². The summed E-state index contributed by atoms with van der Waals surface area (Å²) in [5.41, 5.74) is 1.99. The van der Waals surface area contributed by atoms with Crippen LogP contribution in [0.5, 0.6) is 28.9 Å². The first-order valence-electron chi connectivity index (χ1n) is 10.9. The summed E-state index contributed by atoms with van der Waals surface area (Å²) in [6.45, 7) is -2.62. The molecule has 11 heteroatoms. The van der Waals surface area contributed by atoms with E-state index in [1.54, 1.807) is 40.6 Å². The molecule has 0 unspecified atom stereocenters. The minimum absolute atomic E-state index is 0.133. The van der Waals surface area contributed by atoms with Crippen LogP contribution in [-0.4, -0.2) is 52.1 Å². The summed E-state index contributed by atoms with van der Waals surface area (Å²) in [4.78, 5) is 10.8. The molecule has 0 N–H and O–H groups in total.